The Morgan fingerprint density at radius 3 is 2.89 bits per heavy atom. The van der Waals surface area contributed by atoms with Crippen LogP contribution in [0.1, 0.15) is 21.6 Å². The molecular formula is C14H15N3O. The zero-order chi connectivity index (χ0) is 12.5. The van der Waals surface area contributed by atoms with Crippen LogP contribution in [0.3, 0.4) is 0 Å². The first-order valence-electron chi connectivity index (χ1n) is 5.97. The summed E-state index contributed by atoms with van der Waals surface area (Å²) in [6.07, 6.45) is 1.74. The van der Waals surface area contributed by atoms with Gasteiger partial charge in [-0.15, -0.1) is 0 Å². The average molecular weight is 241 g/mol. The van der Waals surface area contributed by atoms with Crippen molar-refractivity contribution >= 4 is 11.6 Å². The van der Waals surface area contributed by atoms with E-state index in [2.05, 4.69) is 34.4 Å². The summed E-state index contributed by atoms with van der Waals surface area (Å²) in [5.74, 6) is -0.105. The van der Waals surface area contributed by atoms with Crippen LogP contribution >= 0.6 is 0 Å². The minimum Gasteiger partial charge on any atom is -0.357 e. The van der Waals surface area contributed by atoms with Crippen LogP contribution in [0.25, 0.3) is 0 Å². The van der Waals surface area contributed by atoms with Crippen molar-refractivity contribution in [2.45, 2.75) is 13.1 Å². The maximum Gasteiger partial charge on any atom is 0.272 e. The fourth-order valence-electron chi connectivity index (χ4n) is 2.31. The van der Waals surface area contributed by atoms with Crippen molar-refractivity contribution < 1.29 is 4.79 Å². The van der Waals surface area contributed by atoms with E-state index in [0.717, 1.165) is 18.8 Å². The van der Waals surface area contributed by atoms with E-state index >= 15 is 0 Å². The number of aromatic nitrogens is 1. The molecule has 4 heteroatoms. The van der Waals surface area contributed by atoms with Gasteiger partial charge in [-0.3, -0.25) is 9.69 Å². The summed E-state index contributed by atoms with van der Waals surface area (Å²) >= 11 is 0. The van der Waals surface area contributed by atoms with Crippen molar-refractivity contribution in [3.63, 3.8) is 0 Å². The highest BCUT2D eigenvalue weighted by Gasteiger charge is 2.16. The van der Waals surface area contributed by atoms with Gasteiger partial charge < -0.3 is 10.3 Å². The van der Waals surface area contributed by atoms with E-state index in [1.54, 1.807) is 12.3 Å². The minimum atomic E-state index is -0.105. The Morgan fingerprint density at radius 1 is 1.28 bits per heavy atom. The lowest BCUT2D eigenvalue weighted by Crippen LogP contribution is -2.12. The second kappa shape index (κ2) is 4.31. The fraction of sp³-hybridized carbons (Fsp3) is 0.214. The first-order valence-corrected chi connectivity index (χ1v) is 5.97. The van der Waals surface area contributed by atoms with Gasteiger partial charge in [0.15, 0.2) is 0 Å². The molecule has 0 unspecified atom stereocenters. The summed E-state index contributed by atoms with van der Waals surface area (Å²) < 4.78 is 0. The normalized spacial score (nSPS) is 14.5. The van der Waals surface area contributed by atoms with Gasteiger partial charge in [0, 0.05) is 25.0 Å². The Hall–Kier alpha value is -2.07. The Balaban J connectivity index is 1.78. The van der Waals surface area contributed by atoms with Crippen LogP contribution < -0.4 is 5.32 Å². The number of rotatable bonds is 2. The number of aromatic amines is 1. The van der Waals surface area contributed by atoms with Gasteiger partial charge in [-0.2, -0.15) is 0 Å². The Labute approximate surface area is 106 Å². The van der Waals surface area contributed by atoms with Gasteiger partial charge in [-0.25, -0.2) is 0 Å². The van der Waals surface area contributed by atoms with Crippen molar-refractivity contribution in [3.8, 4) is 0 Å². The standard InChI is InChI=1S/C14H15N3O/c1-17-8-10-4-5-12(7-11(10)9-17)16-14(18)13-3-2-6-15-13/h2-7,15H,8-9H2,1H3,(H,16,18). The number of nitrogens with zero attached hydrogens (tertiary/aromatic N) is 1. The molecule has 3 rings (SSSR count). The molecule has 2 heterocycles. The van der Waals surface area contributed by atoms with Crippen molar-refractivity contribution in [3.05, 3.63) is 53.3 Å². The third-order valence-corrected chi connectivity index (χ3v) is 3.19. The molecule has 0 saturated heterocycles. The van der Waals surface area contributed by atoms with Gasteiger partial charge in [0.25, 0.3) is 5.91 Å². The zero-order valence-electron chi connectivity index (χ0n) is 10.2. The van der Waals surface area contributed by atoms with E-state index in [4.69, 9.17) is 0 Å². The van der Waals surface area contributed by atoms with E-state index in [0.29, 0.717) is 5.69 Å². The molecule has 0 fully saturated rings. The van der Waals surface area contributed by atoms with E-state index in [9.17, 15) is 4.79 Å². The van der Waals surface area contributed by atoms with Gasteiger partial charge >= 0.3 is 0 Å². The molecule has 0 aliphatic carbocycles. The molecule has 2 aromatic rings. The highest BCUT2D eigenvalue weighted by atomic mass is 16.1. The summed E-state index contributed by atoms with van der Waals surface area (Å²) in [6.45, 7) is 1.93. The highest BCUT2D eigenvalue weighted by molar-refractivity contribution is 6.02. The van der Waals surface area contributed by atoms with E-state index in [1.165, 1.54) is 11.1 Å². The Bertz CT molecular complexity index is 575. The molecule has 0 saturated carbocycles. The molecule has 2 N–H and O–H groups in total. The van der Waals surface area contributed by atoms with Crippen LogP contribution in [0.2, 0.25) is 0 Å². The lowest BCUT2D eigenvalue weighted by atomic mass is 10.1. The van der Waals surface area contributed by atoms with Crippen LogP contribution in [0.15, 0.2) is 36.5 Å². The molecule has 0 bridgehead atoms. The van der Waals surface area contributed by atoms with Crippen LogP contribution in [0, 0.1) is 0 Å². The number of fused-ring (bicyclic) bond motifs is 1. The third-order valence-electron chi connectivity index (χ3n) is 3.19. The number of benzene rings is 1. The smallest absolute Gasteiger partial charge is 0.272 e. The molecule has 0 radical (unpaired) electrons. The molecule has 18 heavy (non-hydrogen) atoms. The molecule has 4 nitrogen and oxygen atoms in total. The lowest BCUT2D eigenvalue weighted by molar-refractivity contribution is 0.102. The molecular weight excluding hydrogens is 226 g/mol. The molecule has 1 aliphatic rings. The van der Waals surface area contributed by atoms with E-state index in [1.807, 2.05) is 12.1 Å². The van der Waals surface area contributed by atoms with Crippen molar-refractivity contribution in [2.24, 2.45) is 0 Å². The number of anilines is 1. The maximum atomic E-state index is 11.9. The van der Waals surface area contributed by atoms with Crippen LogP contribution in [0.5, 0.6) is 0 Å². The number of hydrogen-bond donors (Lipinski definition) is 2. The predicted octanol–water partition coefficient (Wildman–Crippen LogP) is 2.21. The van der Waals surface area contributed by atoms with Crippen molar-refractivity contribution in [1.82, 2.24) is 9.88 Å². The number of H-pyrrole nitrogens is 1. The van der Waals surface area contributed by atoms with Crippen molar-refractivity contribution in [1.29, 1.82) is 0 Å². The lowest BCUT2D eigenvalue weighted by Gasteiger charge is -2.06. The number of nitrogens with one attached hydrogen (secondary N) is 2. The van der Waals surface area contributed by atoms with Crippen LogP contribution in [-0.4, -0.2) is 22.8 Å². The van der Waals surface area contributed by atoms with E-state index in [-0.39, 0.29) is 5.91 Å². The number of hydrogen-bond acceptors (Lipinski definition) is 2. The fourth-order valence-corrected chi connectivity index (χ4v) is 2.31. The van der Waals surface area contributed by atoms with Gasteiger partial charge in [0.05, 0.1) is 0 Å². The van der Waals surface area contributed by atoms with Gasteiger partial charge in [-0.05, 0) is 42.4 Å². The number of amides is 1. The van der Waals surface area contributed by atoms with Crippen molar-refractivity contribution in [2.75, 3.05) is 12.4 Å². The van der Waals surface area contributed by atoms with E-state index < -0.39 is 0 Å². The summed E-state index contributed by atoms with van der Waals surface area (Å²) in [4.78, 5) is 17.0. The summed E-state index contributed by atoms with van der Waals surface area (Å²) in [7, 11) is 2.09. The molecule has 1 amide bonds. The first-order chi connectivity index (χ1) is 8.72. The molecule has 0 spiro atoms. The molecule has 1 aliphatic heterocycles. The minimum absolute atomic E-state index is 0.105. The van der Waals surface area contributed by atoms with Gasteiger partial charge in [-0.1, -0.05) is 6.07 Å². The monoisotopic (exact) mass is 241 g/mol. The molecule has 1 aromatic heterocycles. The summed E-state index contributed by atoms with van der Waals surface area (Å²) in [5.41, 5.74) is 4.06. The second-order valence-corrected chi connectivity index (χ2v) is 4.69. The molecule has 1 aromatic carbocycles. The quantitative estimate of drug-likeness (QED) is 0.847. The van der Waals surface area contributed by atoms with Gasteiger partial charge in [0.1, 0.15) is 5.69 Å². The second-order valence-electron chi connectivity index (χ2n) is 4.69. The average Bonchev–Trinajstić information content (AvgIpc) is 2.95. The Kier molecular flexibility index (Phi) is 2.64. The largest absolute Gasteiger partial charge is 0.357 e. The zero-order valence-corrected chi connectivity index (χ0v) is 10.2. The SMILES string of the molecule is CN1Cc2ccc(NC(=O)c3ccc[nH]3)cc2C1. The van der Waals surface area contributed by atoms with Crippen LogP contribution in [0.4, 0.5) is 5.69 Å². The number of carbonyl (C=O) groups excluding carboxylic acids is 1. The molecule has 0 atom stereocenters. The summed E-state index contributed by atoms with van der Waals surface area (Å²) in [5, 5.41) is 2.90. The summed E-state index contributed by atoms with van der Waals surface area (Å²) in [6, 6.07) is 9.67. The van der Waals surface area contributed by atoms with Gasteiger partial charge in [0.2, 0.25) is 0 Å². The topological polar surface area (TPSA) is 48.1 Å². The highest BCUT2D eigenvalue weighted by Crippen LogP contribution is 2.24. The predicted molar refractivity (Wildman–Crippen MR) is 70.4 cm³/mol. The Morgan fingerprint density at radius 2 is 2.11 bits per heavy atom. The molecule has 92 valence electrons. The maximum absolute atomic E-state index is 11.9. The number of carbonyl (C=O) groups is 1. The van der Waals surface area contributed by atoms with Crippen LogP contribution in [-0.2, 0) is 13.1 Å². The first kappa shape index (κ1) is 11.0. The third kappa shape index (κ3) is 2.02.